The van der Waals surface area contributed by atoms with Crippen molar-refractivity contribution in [3.05, 3.63) is 29.8 Å². The lowest BCUT2D eigenvalue weighted by atomic mass is 9.73. The van der Waals surface area contributed by atoms with Crippen molar-refractivity contribution in [2.75, 3.05) is 25.0 Å². The van der Waals surface area contributed by atoms with Gasteiger partial charge in [0.25, 0.3) is 0 Å². The van der Waals surface area contributed by atoms with Crippen LogP contribution in [0, 0.1) is 11.8 Å². The van der Waals surface area contributed by atoms with Gasteiger partial charge in [-0.15, -0.1) is 0 Å². The topological polar surface area (TPSA) is 15.3 Å². The van der Waals surface area contributed by atoms with Crippen LogP contribution in [0.25, 0.3) is 0 Å². The van der Waals surface area contributed by atoms with Gasteiger partial charge in [0.1, 0.15) is 0 Å². The van der Waals surface area contributed by atoms with Gasteiger partial charge in [0.05, 0.1) is 0 Å². The molecule has 2 aliphatic heterocycles. The Morgan fingerprint density at radius 3 is 2.67 bits per heavy atom. The molecule has 21 heavy (non-hydrogen) atoms. The van der Waals surface area contributed by atoms with Crippen LogP contribution in [0.4, 0.5) is 5.69 Å². The number of hydrogen-bond acceptors (Lipinski definition) is 2. The molecule has 1 N–H and O–H groups in total. The summed E-state index contributed by atoms with van der Waals surface area (Å²) in [6, 6.07) is 9.94. The number of fused-ring (bicyclic) bond motifs is 4. The Balaban J connectivity index is 1.33. The maximum atomic E-state index is 3.65. The molecule has 1 aromatic rings. The van der Waals surface area contributed by atoms with E-state index in [9.17, 15) is 0 Å². The Hall–Kier alpha value is -1.02. The molecule has 3 atom stereocenters. The Morgan fingerprint density at radius 2 is 1.90 bits per heavy atom. The molecule has 0 amide bonds. The minimum Gasteiger partial charge on any atom is -0.384 e. The van der Waals surface area contributed by atoms with Gasteiger partial charge in [-0.05, 0) is 68.7 Å². The van der Waals surface area contributed by atoms with E-state index in [0.717, 1.165) is 24.4 Å². The second-order valence-corrected chi connectivity index (χ2v) is 7.96. The zero-order chi connectivity index (χ0) is 13.9. The van der Waals surface area contributed by atoms with E-state index in [1.54, 1.807) is 5.56 Å². The summed E-state index contributed by atoms with van der Waals surface area (Å²) in [6.07, 6.45) is 8.79. The third-order valence-electron chi connectivity index (χ3n) is 7.04. The summed E-state index contributed by atoms with van der Waals surface area (Å²) in [4.78, 5) is 2.86. The number of hydrogen-bond donors (Lipinski definition) is 1. The van der Waals surface area contributed by atoms with Crippen LogP contribution < -0.4 is 5.32 Å². The highest BCUT2D eigenvalue weighted by atomic mass is 15.2. The minimum absolute atomic E-state index is 0.435. The van der Waals surface area contributed by atoms with Crippen LogP contribution in [0.5, 0.6) is 0 Å². The molecule has 1 saturated heterocycles. The Kier molecular flexibility index (Phi) is 2.67. The van der Waals surface area contributed by atoms with Crippen molar-refractivity contribution in [1.82, 2.24) is 4.90 Å². The summed E-state index contributed by atoms with van der Waals surface area (Å²) in [6.45, 7) is 3.81. The quantitative estimate of drug-likeness (QED) is 0.846. The van der Waals surface area contributed by atoms with E-state index in [4.69, 9.17) is 0 Å². The molecular formula is C19H26N2. The van der Waals surface area contributed by atoms with Gasteiger partial charge in [0, 0.05) is 23.7 Å². The highest BCUT2D eigenvalue weighted by molar-refractivity contribution is 5.60. The third kappa shape index (κ3) is 1.81. The zero-order valence-electron chi connectivity index (χ0n) is 12.9. The fourth-order valence-corrected chi connectivity index (χ4v) is 5.85. The molecule has 2 nitrogen and oxygen atoms in total. The molecule has 3 fully saturated rings. The lowest BCUT2D eigenvalue weighted by Gasteiger charge is -2.44. The number of likely N-dealkylation sites (tertiary alicyclic amines) is 1. The number of para-hydroxylation sites is 1. The van der Waals surface area contributed by atoms with Crippen LogP contribution in [0.15, 0.2) is 24.3 Å². The van der Waals surface area contributed by atoms with E-state index >= 15 is 0 Å². The Bertz CT molecular complexity index is 544. The molecule has 0 aromatic heterocycles. The van der Waals surface area contributed by atoms with Crippen molar-refractivity contribution in [1.29, 1.82) is 0 Å². The van der Waals surface area contributed by atoms with Crippen LogP contribution in [-0.4, -0.2) is 30.6 Å². The SMILES string of the molecule is c1ccc2c(c1)NCC21CCN(C2CC3CCC2C3)CC1. The number of benzene rings is 1. The lowest BCUT2D eigenvalue weighted by molar-refractivity contribution is 0.0887. The van der Waals surface area contributed by atoms with Crippen LogP contribution >= 0.6 is 0 Å². The standard InChI is InChI=1S/C19H26N2/c1-2-4-17-16(3-1)19(13-20-17)7-9-21(10-8-19)18-12-14-5-6-15(18)11-14/h1-4,14-15,18,20H,5-13H2. The van der Waals surface area contributed by atoms with Gasteiger partial charge in [-0.1, -0.05) is 24.6 Å². The zero-order valence-corrected chi connectivity index (χ0v) is 12.9. The van der Waals surface area contributed by atoms with Gasteiger partial charge in [0.15, 0.2) is 0 Å². The van der Waals surface area contributed by atoms with E-state index in [1.165, 1.54) is 57.3 Å². The smallest absolute Gasteiger partial charge is 0.0379 e. The highest BCUT2D eigenvalue weighted by Gasteiger charge is 2.46. The number of nitrogens with one attached hydrogen (secondary N) is 1. The number of piperidine rings is 1. The first-order valence-corrected chi connectivity index (χ1v) is 8.92. The molecule has 3 unspecified atom stereocenters. The average Bonchev–Trinajstić information content (AvgIpc) is 3.24. The van der Waals surface area contributed by atoms with E-state index in [-0.39, 0.29) is 0 Å². The molecular weight excluding hydrogens is 256 g/mol. The summed E-state index contributed by atoms with van der Waals surface area (Å²) in [5.41, 5.74) is 3.42. The predicted octanol–water partition coefficient (Wildman–Crippen LogP) is 3.63. The van der Waals surface area contributed by atoms with Gasteiger partial charge >= 0.3 is 0 Å². The van der Waals surface area contributed by atoms with E-state index in [2.05, 4.69) is 34.5 Å². The van der Waals surface area contributed by atoms with Gasteiger partial charge in [-0.2, -0.15) is 0 Å². The second kappa shape index (κ2) is 4.49. The number of anilines is 1. The molecule has 0 radical (unpaired) electrons. The van der Waals surface area contributed by atoms with E-state index in [1.807, 2.05) is 0 Å². The molecule has 1 aromatic carbocycles. The monoisotopic (exact) mass is 282 g/mol. The second-order valence-electron chi connectivity index (χ2n) is 7.96. The molecule has 5 rings (SSSR count). The van der Waals surface area contributed by atoms with Crippen molar-refractivity contribution in [2.24, 2.45) is 11.8 Å². The van der Waals surface area contributed by atoms with Crippen LogP contribution in [0.2, 0.25) is 0 Å². The Labute approximate surface area is 127 Å². The van der Waals surface area contributed by atoms with Gasteiger partial charge in [-0.25, -0.2) is 0 Å². The fraction of sp³-hybridized carbons (Fsp3) is 0.684. The highest BCUT2D eigenvalue weighted by Crippen LogP contribution is 2.49. The third-order valence-corrected chi connectivity index (χ3v) is 7.04. The van der Waals surface area contributed by atoms with Gasteiger partial charge in [0.2, 0.25) is 0 Å². The van der Waals surface area contributed by atoms with Crippen molar-refractivity contribution in [2.45, 2.75) is 50.0 Å². The van der Waals surface area contributed by atoms with Crippen molar-refractivity contribution in [3.8, 4) is 0 Å². The van der Waals surface area contributed by atoms with E-state index < -0.39 is 0 Å². The van der Waals surface area contributed by atoms with Crippen molar-refractivity contribution < 1.29 is 0 Å². The van der Waals surface area contributed by atoms with Crippen molar-refractivity contribution in [3.63, 3.8) is 0 Å². The lowest BCUT2D eigenvalue weighted by Crippen LogP contribution is -2.49. The van der Waals surface area contributed by atoms with Gasteiger partial charge in [-0.3, -0.25) is 0 Å². The molecule has 4 aliphatic rings. The maximum Gasteiger partial charge on any atom is 0.0379 e. The molecule has 2 heteroatoms. The average molecular weight is 282 g/mol. The number of nitrogens with zero attached hydrogens (tertiary/aromatic N) is 1. The number of rotatable bonds is 1. The summed E-state index contributed by atoms with van der Waals surface area (Å²) in [5, 5.41) is 3.65. The molecule has 1 spiro atoms. The molecule has 2 saturated carbocycles. The molecule has 112 valence electrons. The van der Waals surface area contributed by atoms with Gasteiger partial charge < -0.3 is 10.2 Å². The van der Waals surface area contributed by atoms with E-state index in [0.29, 0.717) is 5.41 Å². The summed E-state index contributed by atoms with van der Waals surface area (Å²) in [5.74, 6) is 2.11. The predicted molar refractivity (Wildman–Crippen MR) is 86.7 cm³/mol. The van der Waals surface area contributed by atoms with Crippen LogP contribution in [0.1, 0.15) is 44.1 Å². The first kappa shape index (κ1) is 12.5. The normalized spacial score (nSPS) is 36.9. The first-order valence-electron chi connectivity index (χ1n) is 8.92. The molecule has 2 heterocycles. The summed E-state index contributed by atoms with van der Waals surface area (Å²) in [7, 11) is 0. The minimum atomic E-state index is 0.435. The van der Waals surface area contributed by atoms with Crippen molar-refractivity contribution >= 4 is 5.69 Å². The van der Waals surface area contributed by atoms with Crippen LogP contribution in [-0.2, 0) is 5.41 Å². The summed E-state index contributed by atoms with van der Waals surface area (Å²) < 4.78 is 0. The maximum absolute atomic E-state index is 3.65. The molecule has 2 bridgehead atoms. The summed E-state index contributed by atoms with van der Waals surface area (Å²) >= 11 is 0. The van der Waals surface area contributed by atoms with Crippen LogP contribution in [0.3, 0.4) is 0 Å². The molecule has 2 aliphatic carbocycles. The largest absolute Gasteiger partial charge is 0.384 e. The first-order chi connectivity index (χ1) is 10.3. The fourth-order valence-electron chi connectivity index (χ4n) is 5.85. The Morgan fingerprint density at radius 1 is 1.05 bits per heavy atom.